The van der Waals surface area contributed by atoms with Gasteiger partial charge in [-0.1, -0.05) is 6.07 Å². The fourth-order valence-electron chi connectivity index (χ4n) is 4.80. The number of hydrogen-bond acceptors (Lipinski definition) is 5. The molecule has 0 fully saturated rings. The Balaban J connectivity index is 1.77. The third-order valence-electron chi connectivity index (χ3n) is 6.47. The zero-order valence-corrected chi connectivity index (χ0v) is 20.2. The largest absolute Gasteiger partial charge is 0.362 e. The molecule has 2 N–H and O–H groups in total. The lowest BCUT2D eigenvalue weighted by atomic mass is 9.78. The number of fused-ring (bicyclic) bond motifs is 1. The molecule has 2 unspecified atom stereocenters. The van der Waals surface area contributed by atoms with Gasteiger partial charge in [-0.05, 0) is 56.9 Å². The fourth-order valence-corrected chi connectivity index (χ4v) is 5.32. The number of amides is 1. The Kier molecular flexibility index (Phi) is 5.66. The van der Waals surface area contributed by atoms with Gasteiger partial charge in [0.15, 0.2) is 5.60 Å². The number of carbonyl (C=O) groups excluding carboxylic acids is 1. The third-order valence-corrected chi connectivity index (χ3v) is 7.13. The maximum Gasteiger partial charge on any atom is 0.248 e. The molecule has 5 rings (SSSR count). The molecule has 9 heteroatoms. The Morgan fingerprint density at radius 1 is 1.06 bits per heavy atom. The van der Waals surface area contributed by atoms with Crippen LogP contribution in [0.25, 0.3) is 0 Å². The van der Waals surface area contributed by atoms with Crippen LogP contribution >= 0.6 is 15.9 Å². The van der Waals surface area contributed by atoms with Crippen molar-refractivity contribution in [2.24, 2.45) is 0 Å². The summed E-state index contributed by atoms with van der Waals surface area (Å²) in [6, 6.07) is 11.2. The smallest absolute Gasteiger partial charge is 0.248 e. The van der Waals surface area contributed by atoms with Crippen LogP contribution < -0.4 is 10.5 Å². The number of hydrogen-bond donors (Lipinski definition) is 2. The molecule has 4 aromatic rings. The lowest BCUT2D eigenvalue weighted by molar-refractivity contribution is -0.118. The minimum atomic E-state index is -1.11. The van der Waals surface area contributed by atoms with Crippen molar-refractivity contribution in [1.29, 1.82) is 0 Å². The standard InChI is InChI=1S/C25H22BrN5O3/c1-31-21-4-3-15(9-19(21)18(11-24(31)33)17-6-7-27-12-20(17)26)25(34-2,22-13-28-14-30-22)16-5-8-29-23(32)10-16/h3-10,12-14,18H,11H2,1-2H3,(H,28,30)(H,29,32). The zero-order chi connectivity index (χ0) is 23.9. The minimum absolute atomic E-state index is 0.0372. The zero-order valence-electron chi connectivity index (χ0n) is 18.6. The summed E-state index contributed by atoms with van der Waals surface area (Å²) in [4.78, 5) is 41.0. The maximum absolute atomic E-state index is 12.9. The SMILES string of the molecule is COC(c1ccc2c(c1)C(c1ccncc1Br)CC(=O)N2C)(c1cc[nH]c(=O)c1)c1cnc[nH]1. The van der Waals surface area contributed by atoms with Crippen LogP contribution in [0.2, 0.25) is 0 Å². The number of ether oxygens (including phenoxy) is 1. The Bertz CT molecular complexity index is 1420. The number of carbonyl (C=O) groups is 1. The first kappa shape index (κ1) is 22.2. The number of pyridine rings is 2. The molecule has 0 radical (unpaired) electrons. The highest BCUT2D eigenvalue weighted by molar-refractivity contribution is 9.10. The van der Waals surface area contributed by atoms with Gasteiger partial charge in [0.25, 0.3) is 0 Å². The van der Waals surface area contributed by atoms with Crippen LogP contribution in [0.4, 0.5) is 5.69 Å². The lowest BCUT2D eigenvalue weighted by Crippen LogP contribution is -2.36. The first-order valence-corrected chi connectivity index (χ1v) is 11.5. The van der Waals surface area contributed by atoms with Gasteiger partial charge in [0, 0.05) is 66.9 Å². The number of aromatic amines is 2. The van der Waals surface area contributed by atoms with Crippen molar-refractivity contribution in [2.75, 3.05) is 19.1 Å². The molecular weight excluding hydrogens is 498 g/mol. The van der Waals surface area contributed by atoms with Crippen molar-refractivity contribution in [3.05, 3.63) is 110 Å². The van der Waals surface area contributed by atoms with E-state index in [9.17, 15) is 9.59 Å². The molecule has 172 valence electrons. The van der Waals surface area contributed by atoms with Crippen LogP contribution in [0.1, 0.15) is 40.3 Å². The summed E-state index contributed by atoms with van der Waals surface area (Å²) in [5, 5.41) is 0. The maximum atomic E-state index is 12.9. The van der Waals surface area contributed by atoms with E-state index in [1.54, 1.807) is 50.2 Å². The van der Waals surface area contributed by atoms with Crippen LogP contribution in [0.15, 0.2) is 76.8 Å². The van der Waals surface area contributed by atoms with E-state index in [-0.39, 0.29) is 17.4 Å². The van der Waals surface area contributed by atoms with E-state index in [4.69, 9.17) is 4.74 Å². The Hall–Kier alpha value is -3.56. The predicted molar refractivity (Wildman–Crippen MR) is 131 cm³/mol. The molecule has 0 saturated heterocycles. The summed E-state index contributed by atoms with van der Waals surface area (Å²) in [6.45, 7) is 0. The molecule has 34 heavy (non-hydrogen) atoms. The summed E-state index contributed by atoms with van der Waals surface area (Å²) in [5.74, 6) is -0.137. The summed E-state index contributed by atoms with van der Waals surface area (Å²) >= 11 is 3.60. The second-order valence-electron chi connectivity index (χ2n) is 8.17. The van der Waals surface area contributed by atoms with Gasteiger partial charge in [-0.15, -0.1) is 0 Å². The van der Waals surface area contributed by atoms with E-state index in [2.05, 4.69) is 41.9 Å². The van der Waals surface area contributed by atoms with Gasteiger partial charge in [-0.25, -0.2) is 4.98 Å². The molecule has 1 aliphatic heterocycles. The molecule has 0 spiro atoms. The van der Waals surface area contributed by atoms with Gasteiger partial charge in [-0.2, -0.15) is 0 Å². The van der Waals surface area contributed by atoms with E-state index >= 15 is 0 Å². The van der Waals surface area contributed by atoms with E-state index in [0.29, 0.717) is 17.7 Å². The molecule has 0 saturated carbocycles. The fraction of sp³-hybridized carbons (Fsp3) is 0.200. The van der Waals surface area contributed by atoms with Crippen LogP contribution in [0.5, 0.6) is 0 Å². The van der Waals surface area contributed by atoms with Crippen molar-refractivity contribution in [1.82, 2.24) is 19.9 Å². The van der Waals surface area contributed by atoms with Crippen LogP contribution in [-0.4, -0.2) is 40.0 Å². The lowest BCUT2D eigenvalue weighted by Gasteiger charge is -2.36. The minimum Gasteiger partial charge on any atom is -0.362 e. The molecule has 8 nitrogen and oxygen atoms in total. The van der Waals surface area contributed by atoms with Gasteiger partial charge in [0.2, 0.25) is 11.5 Å². The van der Waals surface area contributed by atoms with E-state index < -0.39 is 5.60 Å². The van der Waals surface area contributed by atoms with Crippen molar-refractivity contribution in [2.45, 2.75) is 17.9 Å². The van der Waals surface area contributed by atoms with Gasteiger partial charge < -0.3 is 19.6 Å². The molecule has 1 aliphatic rings. The summed E-state index contributed by atoms with van der Waals surface area (Å²) in [6.07, 6.45) is 8.66. The van der Waals surface area contributed by atoms with Crippen LogP contribution in [0.3, 0.4) is 0 Å². The van der Waals surface area contributed by atoms with E-state index in [1.165, 1.54) is 6.07 Å². The van der Waals surface area contributed by atoms with Crippen molar-refractivity contribution >= 4 is 27.5 Å². The van der Waals surface area contributed by atoms with Crippen molar-refractivity contribution in [3.8, 4) is 0 Å². The molecule has 0 aliphatic carbocycles. The molecule has 4 heterocycles. The topological polar surface area (TPSA) is 104 Å². The van der Waals surface area contributed by atoms with Gasteiger partial charge >= 0.3 is 0 Å². The average molecular weight is 520 g/mol. The first-order valence-electron chi connectivity index (χ1n) is 10.7. The predicted octanol–water partition coefficient (Wildman–Crippen LogP) is 3.69. The van der Waals surface area contributed by atoms with E-state index in [0.717, 1.165) is 26.9 Å². The number of H-pyrrole nitrogens is 2. The second kappa shape index (κ2) is 8.66. The highest BCUT2D eigenvalue weighted by Crippen LogP contribution is 2.45. The van der Waals surface area contributed by atoms with E-state index in [1.807, 2.05) is 24.3 Å². The van der Waals surface area contributed by atoms with Crippen LogP contribution in [-0.2, 0) is 15.1 Å². The molecular formula is C25H22BrN5O3. The van der Waals surface area contributed by atoms with Gasteiger partial charge in [-0.3, -0.25) is 14.6 Å². The molecule has 1 amide bonds. The Morgan fingerprint density at radius 2 is 1.88 bits per heavy atom. The number of benzene rings is 1. The van der Waals surface area contributed by atoms with Crippen LogP contribution in [0, 0.1) is 0 Å². The third kappa shape index (κ3) is 3.48. The molecule has 1 aromatic carbocycles. The molecule has 3 aromatic heterocycles. The van der Waals surface area contributed by atoms with Crippen molar-refractivity contribution in [3.63, 3.8) is 0 Å². The number of halogens is 1. The molecule has 2 atom stereocenters. The number of nitrogens with one attached hydrogen (secondary N) is 2. The Morgan fingerprint density at radius 3 is 2.59 bits per heavy atom. The number of anilines is 1. The number of imidazole rings is 1. The quantitative estimate of drug-likeness (QED) is 0.418. The summed E-state index contributed by atoms with van der Waals surface area (Å²) in [5.41, 5.74) is 3.59. The Labute approximate surface area is 204 Å². The number of aromatic nitrogens is 4. The monoisotopic (exact) mass is 519 g/mol. The first-order chi connectivity index (χ1) is 16.5. The van der Waals surface area contributed by atoms with Gasteiger partial charge in [0.1, 0.15) is 0 Å². The highest BCUT2D eigenvalue weighted by Gasteiger charge is 2.40. The average Bonchev–Trinajstić information content (AvgIpc) is 3.38. The summed E-state index contributed by atoms with van der Waals surface area (Å²) < 4.78 is 7.03. The number of nitrogens with zero attached hydrogens (tertiary/aromatic N) is 3. The normalized spacial score (nSPS) is 17.3. The number of rotatable bonds is 5. The number of methoxy groups -OCH3 is 1. The second-order valence-corrected chi connectivity index (χ2v) is 9.03. The molecule has 0 bridgehead atoms. The summed E-state index contributed by atoms with van der Waals surface area (Å²) in [7, 11) is 3.39. The highest BCUT2D eigenvalue weighted by atomic mass is 79.9. The van der Waals surface area contributed by atoms with Gasteiger partial charge in [0.05, 0.1) is 18.2 Å². The van der Waals surface area contributed by atoms with Crippen molar-refractivity contribution < 1.29 is 9.53 Å².